The number of aliphatic hydroxyl groups is 1. The molecule has 0 atom stereocenters. The van der Waals surface area contributed by atoms with Crippen LogP contribution in [-0.2, 0) is 6.54 Å². The van der Waals surface area contributed by atoms with Gasteiger partial charge in [0.05, 0.1) is 12.8 Å². The van der Waals surface area contributed by atoms with Gasteiger partial charge in [0.2, 0.25) is 0 Å². The number of aliphatic hydroxyl groups excluding tert-OH is 1. The SMILES string of the molecule is CN(CCO)c1ccc(/C=N/NC(=S)NCc2ccccc2)cc1. The third-order valence-electron chi connectivity index (χ3n) is 3.44. The van der Waals surface area contributed by atoms with E-state index in [9.17, 15) is 0 Å². The number of nitrogens with one attached hydrogen (secondary N) is 2. The summed E-state index contributed by atoms with van der Waals surface area (Å²) in [5, 5.41) is 16.7. The standard InChI is InChI=1S/C18H22N4OS/c1-22(11-12-23)17-9-7-16(8-10-17)14-20-21-18(24)19-13-15-5-3-2-4-6-15/h2-10,14,23H,11-13H2,1H3,(H2,19,21,24)/b20-14+. The van der Waals surface area contributed by atoms with E-state index in [1.165, 1.54) is 0 Å². The smallest absolute Gasteiger partial charge is 0.187 e. The van der Waals surface area contributed by atoms with Gasteiger partial charge < -0.3 is 15.3 Å². The van der Waals surface area contributed by atoms with Crippen LogP contribution in [0, 0.1) is 0 Å². The highest BCUT2D eigenvalue weighted by Crippen LogP contribution is 2.12. The van der Waals surface area contributed by atoms with Gasteiger partial charge in [0.1, 0.15) is 0 Å². The number of hydrazone groups is 1. The molecule has 0 unspecified atom stereocenters. The predicted octanol–water partition coefficient (Wildman–Crippen LogP) is 2.11. The average molecular weight is 342 g/mol. The van der Waals surface area contributed by atoms with Crippen LogP contribution < -0.4 is 15.6 Å². The molecule has 24 heavy (non-hydrogen) atoms. The molecule has 5 nitrogen and oxygen atoms in total. The first-order valence-corrected chi connectivity index (χ1v) is 8.13. The van der Waals surface area contributed by atoms with Gasteiger partial charge in [0, 0.05) is 25.8 Å². The number of benzene rings is 2. The van der Waals surface area contributed by atoms with Crippen LogP contribution in [0.3, 0.4) is 0 Å². The summed E-state index contributed by atoms with van der Waals surface area (Å²) >= 11 is 5.19. The van der Waals surface area contributed by atoms with E-state index in [0.717, 1.165) is 16.8 Å². The quantitative estimate of drug-likeness (QED) is 0.409. The molecule has 3 N–H and O–H groups in total. The maximum atomic E-state index is 8.95. The number of hydrogen-bond acceptors (Lipinski definition) is 4. The Morgan fingerprint density at radius 2 is 1.88 bits per heavy atom. The Morgan fingerprint density at radius 1 is 1.17 bits per heavy atom. The third kappa shape index (κ3) is 5.98. The lowest BCUT2D eigenvalue weighted by molar-refractivity contribution is 0.304. The minimum Gasteiger partial charge on any atom is -0.395 e. The Balaban J connectivity index is 1.77. The van der Waals surface area contributed by atoms with Crippen LogP contribution in [0.1, 0.15) is 11.1 Å². The maximum absolute atomic E-state index is 8.95. The van der Waals surface area contributed by atoms with Crippen molar-refractivity contribution < 1.29 is 5.11 Å². The summed E-state index contributed by atoms with van der Waals surface area (Å²) in [6.07, 6.45) is 1.71. The molecular weight excluding hydrogens is 320 g/mol. The molecule has 0 heterocycles. The fraction of sp³-hybridized carbons (Fsp3) is 0.222. The summed E-state index contributed by atoms with van der Waals surface area (Å²) in [7, 11) is 1.94. The summed E-state index contributed by atoms with van der Waals surface area (Å²) in [6, 6.07) is 18.0. The fourth-order valence-electron chi connectivity index (χ4n) is 2.08. The van der Waals surface area contributed by atoms with Crippen LogP contribution in [0.5, 0.6) is 0 Å². The molecule has 0 spiro atoms. The van der Waals surface area contributed by atoms with Crippen molar-refractivity contribution in [2.75, 3.05) is 25.1 Å². The molecule has 2 aromatic rings. The lowest BCUT2D eigenvalue weighted by Gasteiger charge is -2.17. The van der Waals surface area contributed by atoms with Crippen molar-refractivity contribution in [3.63, 3.8) is 0 Å². The maximum Gasteiger partial charge on any atom is 0.187 e. The van der Waals surface area contributed by atoms with Crippen molar-refractivity contribution in [2.45, 2.75) is 6.54 Å². The highest BCUT2D eigenvalue weighted by atomic mass is 32.1. The highest BCUT2D eigenvalue weighted by molar-refractivity contribution is 7.80. The van der Waals surface area contributed by atoms with Gasteiger partial charge in [-0.2, -0.15) is 5.10 Å². The largest absolute Gasteiger partial charge is 0.395 e. The second-order valence-corrected chi connectivity index (χ2v) is 5.68. The summed E-state index contributed by atoms with van der Waals surface area (Å²) in [6.45, 7) is 1.40. The van der Waals surface area contributed by atoms with Gasteiger partial charge in [0.25, 0.3) is 0 Å². The van der Waals surface area contributed by atoms with Crippen LogP contribution in [0.15, 0.2) is 59.7 Å². The fourth-order valence-corrected chi connectivity index (χ4v) is 2.20. The highest BCUT2D eigenvalue weighted by Gasteiger charge is 1.99. The Labute approximate surface area is 148 Å². The molecule has 2 rings (SSSR count). The molecule has 126 valence electrons. The van der Waals surface area contributed by atoms with Crippen LogP contribution in [0.4, 0.5) is 5.69 Å². The van der Waals surface area contributed by atoms with Gasteiger partial charge >= 0.3 is 0 Å². The van der Waals surface area contributed by atoms with E-state index in [0.29, 0.717) is 18.2 Å². The number of rotatable bonds is 7. The molecule has 0 saturated carbocycles. The lowest BCUT2D eigenvalue weighted by Crippen LogP contribution is -2.31. The first kappa shape index (κ1) is 17.9. The molecule has 0 bridgehead atoms. The molecule has 0 aromatic heterocycles. The Bertz CT molecular complexity index is 658. The first-order valence-electron chi connectivity index (χ1n) is 7.72. The number of nitrogens with zero attached hydrogens (tertiary/aromatic N) is 2. The molecule has 0 aliphatic carbocycles. The topological polar surface area (TPSA) is 59.9 Å². The minimum absolute atomic E-state index is 0.136. The van der Waals surface area contributed by atoms with E-state index >= 15 is 0 Å². The van der Waals surface area contributed by atoms with Crippen LogP contribution >= 0.6 is 12.2 Å². The van der Waals surface area contributed by atoms with Crippen molar-refractivity contribution in [3.05, 3.63) is 65.7 Å². The van der Waals surface area contributed by atoms with Crippen molar-refractivity contribution in [1.29, 1.82) is 0 Å². The molecule has 0 amide bonds. The molecule has 0 saturated heterocycles. The summed E-state index contributed by atoms with van der Waals surface area (Å²) < 4.78 is 0. The molecule has 0 aliphatic heterocycles. The Morgan fingerprint density at radius 3 is 2.54 bits per heavy atom. The van der Waals surface area contributed by atoms with Crippen LogP contribution in [0.2, 0.25) is 0 Å². The number of thiocarbonyl (C=S) groups is 1. The van der Waals surface area contributed by atoms with E-state index in [2.05, 4.69) is 15.8 Å². The zero-order valence-corrected chi connectivity index (χ0v) is 14.5. The van der Waals surface area contributed by atoms with Crippen molar-refractivity contribution in [1.82, 2.24) is 10.7 Å². The van der Waals surface area contributed by atoms with Gasteiger partial charge in [-0.25, -0.2) is 0 Å². The first-order chi connectivity index (χ1) is 11.7. The summed E-state index contributed by atoms with van der Waals surface area (Å²) in [4.78, 5) is 1.99. The van der Waals surface area contributed by atoms with E-state index in [1.54, 1.807) is 6.21 Å². The van der Waals surface area contributed by atoms with E-state index in [-0.39, 0.29) is 6.61 Å². The molecule has 0 radical (unpaired) electrons. The average Bonchev–Trinajstić information content (AvgIpc) is 2.61. The molecule has 6 heteroatoms. The van der Waals surface area contributed by atoms with Crippen molar-refractivity contribution in [2.24, 2.45) is 5.10 Å². The van der Waals surface area contributed by atoms with Gasteiger partial charge in [-0.15, -0.1) is 0 Å². The lowest BCUT2D eigenvalue weighted by atomic mass is 10.2. The molecular formula is C18H22N4OS. The van der Waals surface area contributed by atoms with Crippen LogP contribution in [0.25, 0.3) is 0 Å². The molecule has 0 aliphatic rings. The summed E-state index contributed by atoms with van der Waals surface area (Å²) in [5.41, 5.74) is 5.98. The second kappa shape index (κ2) is 9.64. The zero-order valence-electron chi connectivity index (χ0n) is 13.6. The number of hydrogen-bond donors (Lipinski definition) is 3. The van der Waals surface area contributed by atoms with Crippen molar-refractivity contribution >= 4 is 29.2 Å². The van der Waals surface area contributed by atoms with Gasteiger partial charge in [-0.05, 0) is 35.5 Å². The number of anilines is 1. The Kier molecular flexibility index (Phi) is 7.20. The minimum atomic E-state index is 0.136. The summed E-state index contributed by atoms with van der Waals surface area (Å²) in [5.74, 6) is 0. The van der Waals surface area contributed by atoms with E-state index in [4.69, 9.17) is 17.3 Å². The van der Waals surface area contributed by atoms with Crippen LogP contribution in [-0.4, -0.2) is 36.6 Å². The molecule has 0 fully saturated rings. The second-order valence-electron chi connectivity index (χ2n) is 5.27. The van der Waals surface area contributed by atoms with Crippen molar-refractivity contribution in [3.8, 4) is 0 Å². The van der Waals surface area contributed by atoms with E-state index < -0.39 is 0 Å². The van der Waals surface area contributed by atoms with E-state index in [1.807, 2.05) is 66.5 Å². The van der Waals surface area contributed by atoms with Gasteiger partial charge in [-0.3, -0.25) is 5.43 Å². The monoisotopic (exact) mass is 342 g/mol. The van der Waals surface area contributed by atoms with Gasteiger partial charge in [0.15, 0.2) is 5.11 Å². The third-order valence-corrected chi connectivity index (χ3v) is 3.68. The number of likely N-dealkylation sites (N-methyl/N-ethyl adjacent to an activating group) is 1. The zero-order chi connectivity index (χ0) is 17.2. The van der Waals surface area contributed by atoms with Gasteiger partial charge in [-0.1, -0.05) is 42.5 Å². The predicted molar refractivity (Wildman–Crippen MR) is 103 cm³/mol. The molecule has 2 aromatic carbocycles. The Hall–Kier alpha value is -2.44. The normalized spacial score (nSPS) is 10.6.